The van der Waals surface area contributed by atoms with Crippen LogP contribution in [0.2, 0.25) is 0 Å². The molecule has 0 radical (unpaired) electrons. The lowest BCUT2D eigenvalue weighted by Gasteiger charge is -2.18. The second kappa shape index (κ2) is 9.24. The Bertz CT molecular complexity index is 637. The molecular formula is C15H24F6N4O5. The number of hydrogen-bond acceptors (Lipinski definition) is 6. The molecule has 2 rings (SSSR count). The van der Waals surface area contributed by atoms with Gasteiger partial charge in [0.05, 0.1) is 0 Å². The first-order chi connectivity index (χ1) is 13.3. The minimum absolute atomic E-state index is 0.153. The molecule has 30 heavy (non-hydrogen) atoms. The Morgan fingerprint density at radius 2 is 1.20 bits per heavy atom. The third-order valence-electron chi connectivity index (χ3n) is 4.08. The van der Waals surface area contributed by atoms with Crippen molar-refractivity contribution < 1.29 is 50.6 Å². The van der Waals surface area contributed by atoms with Crippen molar-refractivity contribution in [2.24, 2.45) is 22.5 Å². The van der Waals surface area contributed by atoms with Crippen molar-refractivity contribution in [3.8, 4) is 0 Å². The summed E-state index contributed by atoms with van der Waals surface area (Å²) in [6.07, 6.45) is -10.5. The van der Waals surface area contributed by atoms with Gasteiger partial charge in [-0.15, -0.1) is 0 Å². The van der Waals surface area contributed by atoms with Crippen LogP contribution in [0.3, 0.4) is 0 Å². The maximum atomic E-state index is 12.0. The van der Waals surface area contributed by atoms with Gasteiger partial charge in [-0.05, 0) is 46.5 Å². The largest absolute Gasteiger partial charge is 0.481 e. The topological polar surface area (TPSA) is 157 Å². The van der Waals surface area contributed by atoms with E-state index in [0.717, 1.165) is 0 Å². The van der Waals surface area contributed by atoms with Gasteiger partial charge in [0.15, 0.2) is 5.41 Å². The van der Waals surface area contributed by atoms with Gasteiger partial charge in [-0.3, -0.25) is 20.4 Å². The number of halogens is 6. The molecule has 0 aromatic heterocycles. The molecular weight excluding hydrogens is 430 g/mol. The summed E-state index contributed by atoms with van der Waals surface area (Å²) in [6.45, 7) is 5.30. The fourth-order valence-electron chi connectivity index (χ4n) is 1.95. The number of rotatable bonds is 2. The minimum Gasteiger partial charge on any atom is -0.481 e. The molecule has 7 N–H and O–H groups in total. The number of alkyl halides is 6. The molecule has 15 heteroatoms. The van der Waals surface area contributed by atoms with Crippen molar-refractivity contribution >= 4 is 18.0 Å². The lowest BCUT2D eigenvalue weighted by atomic mass is 10.1. The van der Waals surface area contributed by atoms with E-state index in [1.165, 1.54) is 5.43 Å². The highest BCUT2D eigenvalue weighted by molar-refractivity contribution is 5.85. The molecule has 9 nitrogen and oxygen atoms in total. The SMILES string of the molecule is CC(C)(C)OC(=O)NN.NNC(=O)C1(C(F)(F)F)CC1.O=C(O)C1(C(F)(F)F)CC1. The molecule has 0 atom stereocenters. The second-order valence-corrected chi connectivity index (χ2v) is 7.58. The minimum atomic E-state index is -4.57. The predicted octanol–water partition coefficient (Wildman–Crippen LogP) is 2.12. The molecule has 0 saturated heterocycles. The van der Waals surface area contributed by atoms with Gasteiger partial charge in [0.25, 0.3) is 0 Å². The van der Waals surface area contributed by atoms with E-state index in [9.17, 15) is 40.7 Å². The van der Waals surface area contributed by atoms with E-state index in [1.807, 2.05) is 5.43 Å². The number of nitrogens with two attached hydrogens (primary N) is 2. The van der Waals surface area contributed by atoms with E-state index >= 15 is 0 Å². The molecule has 2 amide bonds. The van der Waals surface area contributed by atoms with Crippen LogP contribution in [-0.2, 0) is 14.3 Å². The molecule has 176 valence electrons. The number of carbonyl (C=O) groups is 3. The fourth-order valence-corrected chi connectivity index (χ4v) is 1.95. The van der Waals surface area contributed by atoms with E-state index in [0.29, 0.717) is 0 Å². The number of ether oxygens (including phenoxy) is 1. The molecule has 2 fully saturated rings. The van der Waals surface area contributed by atoms with Crippen LogP contribution in [-0.4, -0.2) is 41.0 Å². The maximum absolute atomic E-state index is 12.0. The smallest absolute Gasteiger partial charge is 0.421 e. The zero-order valence-electron chi connectivity index (χ0n) is 16.3. The summed E-state index contributed by atoms with van der Waals surface area (Å²) in [5, 5.41) is 8.12. The zero-order chi connectivity index (χ0) is 24.2. The molecule has 0 heterocycles. The number of nitrogens with one attached hydrogen (secondary N) is 2. The Morgan fingerprint density at radius 1 is 0.833 bits per heavy atom. The Kier molecular flexibility index (Phi) is 8.54. The monoisotopic (exact) mass is 454 g/mol. The quantitative estimate of drug-likeness (QED) is 0.185. The summed E-state index contributed by atoms with van der Waals surface area (Å²) in [5.41, 5.74) is -1.67. The fraction of sp³-hybridized carbons (Fsp3) is 0.800. The van der Waals surface area contributed by atoms with E-state index in [-0.39, 0.29) is 25.7 Å². The molecule has 2 aliphatic rings. The predicted molar refractivity (Wildman–Crippen MR) is 89.0 cm³/mol. The molecule has 0 aliphatic heterocycles. The van der Waals surface area contributed by atoms with Crippen LogP contribution >= 0.6 is 0 Å². The Balaban J connectivity index is 0.000000423. The molecule has 2 aliphatic carbocycles. The highest BCUT2D eigenvalue weighted by Gasteiger charge is 2.69. The summed E-state index contributed by atoms with van der Waals surface area (Å²) < 4.78 is 76.1. The lowest BCUT2D eigenvalue weighted by molar-refractivity contribution is -0.202. The van der Waals surface area contributed by atoms with Crippen molar-refractivity contribution in [3.63, 3.8) is 0 Å². The molecule has 0 bridgehead atoms. The van der Waals surface area contributed by atoms with Gasteiger partial charge in [0.2, 0.25) is 5.91 Å². The molecule has 0 aromatic rings. The first-order valence-electron chi connectivity index (χ1n) is 8.37. The summed E-state index contributed by atoms with van der Waals surface area (Å²) in [4.78, 5) is 31.0. The van der Waals surface area contributed by atoms with E-state index in [2.05, 4.69) is 5.84 Å². The lowest BCUT2D eigenvalue weighted by Crippen LogP contribution is -2.44. The average molecular weight is 454 g/mol. The van der Waals surface area contributed by atoms with Gasteiger partial charge < -0.3 is 9.84 Å². The number of aliphatic carboxylic acids is 1. The third kappa shape index (κ3) is 7.19. The average Bonchev–Trinajstić information content (AvgIpc) is 3.44. The number of carboxylic acid groups (broad SMARTS) is 1. The van der Waals surface area contributed by atoms with Crippen molar-refractivity contribution in [1.29, 1.82) is 0 Å². The Labute approximate surface area is 167 Å². The van der Waals surface area contributed by atoms with E-state index in [1.54, 1.807) is 20.8 Å². The van der Waals surface area contributed by atoms with Gasteiger partial charge in [0.1, 0.15) is 11.0 Å². The van der Waals surface area contributed by atoms with Crippen LogP contribution in [0, 0.1) is 10.8 Å². The maximum Gasteiger partial charge on any atom is 0.421 e. The Hall–Kier alpha value is -2.29. The van der Waals surface area contributed by atoms with Crippen LogP contribution in [0.5, 0.6) is 0 Å². The normalized spacial score (nSPS) is 18.4. The van der Waals surface area contributed by atoms with Crippen LogP contribution in [0.1, 0.15) is 46.5 Å². The molecule has 0 spiro atoms. The van der Waals surface area contributed by atoms with Gasteiger partial charge in [0, 0.05) is 0 Å². The highest BCUT2D eigenvalue weighted by atomic mass is 19.4. The standard InChI is InChI=1S/C5H7F3N2O.C5H5F3O2.C5H12N2O2/c6-5(7,8)4(1-2-4)3(11)10-9;6-5(7,8)4(1-2-4)3(9)10;1-5(2,3)9-4(8)7-6/h1-2,9H2,(H,10,11);1-2H2,(H,9,10);6H2,1-3H3,(H,7,8). The van der Waals surface area contributed by atoms with E-state index < -0.39 is 46.8 Å². The van der Waals surface area contributed by atoms with Gasteiger partial charge in [-0.1, -0.05) is 0 Å². The summed E-state index contributed by atoms with van der Waals surface area (Å²) in [7, 11) is 0. The Morgan fingerprint density at radius 3 is 1.27 bits per heavy atom. The van der Waals surface area contributed by atoms with Gasteiger partial charge >= 0.3 is 24.4 Å². The third-order valence-corrected chi connectivity index (χ3v) is 4.08. The van der Waals surface area contributed by atoms with Crippen LogP contribution in [0.25, 0.3) is 0 Å². The van der Waals surface area contributed by atoms with Crippen molar-refractivity contribution in [3.05, 3.63) is 0 Å². The summed E-state index contributed by atoms with van der Waals surface area (Å²) >= 11 is 0. The zero-order valence-corrected chi connectivity index (χ0v) is 16.3. The highest BCUT2D eigenvalue weighted by Crippen LogP contribution is 2.58. The van der Waals surface area contributed by atoms with Crippen LogP contribution < -0.4 is 22.5 Å². The first-order valence-corrected chi connectivity index (χ1v) is 8.37. The van der Waals surface area contributed by atoms with Crippen molar-refractivity contribution in [2.45, 2.75) is 64.4 Å². The van der Waals surface area contributed by atoms with Crippen molar-refractivity contribution in [1.82, 2.24) is 10.9 Å². The number of amides is 2. The molecule has 2 saturated carbocycles. The first kappa shape index (κ1) is 27.7. The number of hydrogen-bond donors (Lipinski definition) is 5. The van der Waals surface area contributed by atoms with Gasteiger partial charge in [-0.2, -0.15) is 26.3 Å². The van der Waals surface area contributed by atoms with E-state index in [4.69, 9.17) is 15.7 Å². The van der Waals surface area contributed by atoms with Crippen LogP contribution in [0.15, 0.2) is 0 Å². The number of carbonyl (C=O) groups excluding carboxylic acids is 2. The summed E-state index contributed by atoms with van der Waals surface area (Å²) in [6, 6.07) is 0. The number of hydrazine groups is 2. The van der Waals surface area contributed by atoms with Crippen LogP contribution in [0.4, 0.5) is 31.1 Å². The second-order valence-electron chi connectivity index (χ2n) is 7.58. The van der Waals surface area contributed by atoms with Gasteiger partial charge in [-0.25, -0.2) is 16.5 Å². The molecule has 0 unspecified atom stereocenters. The molecule has 0 aromatic carbocycles. The number of carboxylic acids is 1. The van der Waals surface area contributed by atoms with Crippen molar-refractivity contribution in [2.75, 3.05) is 0 Å². The summed E-state index contributed by atoms with van der Waals surface area (Å²) in [5.74, 6) is 6.47.